The minimum absolute atomic E-state index is 0.0157. The molecule has 3 aromatic carbocycles. The number of halogens is 2. The van der Waals surface area contributed by atoms with Gasteiger partial charge in [-0.05, 0) is 97.8 Å². The molecule has 12 heteroatoms. The van der Waals surface area contributed by atoms with Crippen LogP contribution in [0, 0.1) is 24.0 Å². The molecule has 0 bridgehead atoms. The second-order valence-electron chi connectivity index (χ2n) is 9.73. The molecule has 10 nitrogen and oxygen atoms in total. The van der Waals surface area contributed by atoms with Gasteiger partial charge >= 0.3 is 5.91 Å². The second kappa shape index (κ2) is 13.5. The number of nitro benzene ring substituents is 1. The zero-order valence-corrected chi connectivity index (χ0v) is 25.1. The topological polar surface area (TPSA) is 121 Å². The molecule has 0 saturated carbocycles. The number of amides is 1. The van der Waals surface area contributed by atoms with Gasteiger partial charge in [0.05, 0.1) is 21.2 Å². The molecule has 0 atom stereocenters. The van der Waals surface area contributed by atoms with Crippen LogP contribution in [0.5, 0.6) is 11.5 Å². The van der Waals surface area contributed by atoms with E-state index in [2.05, 4.69) is 41.1 Å². The number of hydrogen-bond donors (Lipinski definition) is 1. The number of carbonyl (C=O) groups excluding carboxylic acids is 1. The highest BCUT2D eigenvalue weighted by atomic mass is 35.5. The molecular formula is C32H26Cl2N4O6. The van der Waals surface area contributed by atoms with Crippen molar-refractivity contribution in [2.24, 2.45) is 5.10 Å². The van der Waals surface area contributed by atoms with Crippen LogP contribution in [0.25, 0.3) is 5.69 Å². The molecule has 5 rings (SSSR count). The highest BCUT2D eigenvalue weighted by molar-refractivity contribution is 6.37. The SMILES string of the molecule is Cc1ccc(C)n1-c1ccc(OCc2ccc(C(=O)N/N=C/c3cc(Cl)c(OCc4ccc([N+](=O)[O-])cc4)c(Cl)c3)o2)cc1. The lowest BCUT2D eigenvalue weighted by Gasteiger charge is -2.11. The molecule has 0 aliphatic rings. The minimum atomic E-state index is -0.547. The monoisotopic (exact) mass is 632 g/mol. The predicted octanol–water partition coefficient (Wildman–Crippen LogP) is 7.82. The van der Waals surface area contributed by atoms with E-state index in [4.69, 9.17) is 37.1 Å². The van der Waals surface area contributed by atoms with Gasteiger partial charge in [-0.25, -0.2) is 5.43 Å². The molecule has 1 amide bonds. The summed E-state index contributed by atoms with van der Waals surface area (Å²) in [5.41, 5.74) is 6.95. The fourth-order valence-corrected chi connectivity index (χ4v) is 4.99. The summed E-state index contributed by atoms with van der Waals surface area (Å²) in [6.07, 6.45) is 1.38. The Morgan fingerprint density at radius 2 is 1.59 bits per heavy atom. The summed E-state index contributed by atoms with van der Waals surface area (Å²) in [5.74, 6) is 0.919. The van der Waals surface area contributed by atoms with Gasteiger partial charge in [0.15, 0.2) is 11.5 Å². The van der Waals surface area contributed by atoms with Crippen molar-refractivity contribution in [1.82, 2.24) is 9.99 Å². The van der Waals surface area contributed by atoms with Crippen LogP contribution in [0.2, 0.25) is 10.0 Å². The fourth-order valence-electron chi connectivity index (χ4n) is 4.38. The van der Waals surface area contributed by atoms with Gasteiger partial charge in [-0.3, -0.25) is 14.9 Å². The Morgan fingerprint density at radius 3 is 2.23 bits per heavy atom. The lowest BCUT2D eigenvalue weighted by molar-refractivity contribution is -0.384. The number of aryl methyl sites for hydroxylation is 2. The lowest BCUT2D eigenvalue weighted by Crippen LogP contribution is -2.16. The van der Waals surface area contributed by atoms with Crippen molar-refractivity contribution < 1.29 is 23.6 Å². The third-order valence-electron chi connectivity index (χ3n) is 6.56. The fraction of sp³-hybridized carbons (Fsp3) is 0.125. The maximum absolute atomic E-state index is 12.5. The second-order valence-corrected chi connectivity index (χ2v) is 10.5. The van der Waals surface area contributed by atoms with Crippen molar-refractivity contribution in [2.45, 2.75) is 27.1 Å². The van der Waals surface area contributed by atoms with E-state index in [1.54, 1.807) is 30.3 Å². The first kappa shape index (κ1) is 30.4. The van der Waals surface area contributed by atoms with Gasteiger partial charge in [-0.2, -0.15) is 5.10 Å². The Balaban J connectivity index is 1.12. The number of rotatable bonds is 11. The van der Waals surface area contributed by atoms with E-state index in [1.165, 1.54) is 24.4 Å². The standard InChI is InChI=1S/C32H26Cl2N4O6/c1-20-3-4-21(2)37(20)24-9-11-26(12-10-24)42-19-27-13-14-30(44-27)32(39)36-35-17-23-15-28(33)31(29(34)16-23)43-18-22-5-7-25(8-6-22)38(40)41/h3-17H,18-19H2,1-2H3,(H,36,39)/b35-17+. The van der Waals surface area contributed by atoms with Crippen molar-refractivity contribution in [3.8, 4) is 17.2 Å². The number of non-ortho nitro benzene ring substituents is 1. The number of ether oxygens (including phenoxy) is 2. The van der Waals surface area contributed by atoms with E-state index < -0.39 is 10.8 Å². The first-order chi connectivity index (χ1) is 21.2. The van der Waals surface area contributed by atoms with E-state index >= 15 is 0 Å². The third-order valence-corrected chi connectivity index (χ3v) is 7.12. The van der Waals surface area contributed by atoms with E-state index in [9.17, 15) is 14.9 Å². The molecule has 1 N–H and O–H groups in total. The molecule has 0 radical (unpaired) electrons. The number of hydrogen-bond acceptors (Lipinski definition) is 7. The molecule has 0 fully saturated rings. The van der Waals surface area contributed by atoms with Crippen molar-refractivity contribution >= 4 is 41.0 Å². The van der Waals surface area contributed by atoms with E-state index in [0.717, 1.165) is 17.1 Å². The third kappa shape index (κ3) is 7.28. The number of benzene rings is 3. The van der Waals surface area contributed by atoms with Crippen LogP contribution >= 0.6 is 23.2 Å². The Bertz CT molecular complexity index is 1790. The average Bonchev–Trinajstić information content (AvgIpc) is 3.62. The van der Waals surface area contributed by atoms with Crippen molar-refractivity contribution in [3.63, 3.8) is 0 Å². The number of nitrogens with one attached hydrogen (secondary N) is 1. The van der Waals surface area contributed by atoms with Crippen LogP contribution in [0.1, 0.15) is 38.8 Å². The molecule has 0 aliphatic carbocycles. The number of carbonyl (C=O) groups is 1. The Hall–Kier alpha value is -5.06. The van der Waals surface area contributed by atoms with Gasteiger partial charge in [-0.1, -0.05) is 23.2 Å². The van der Waals surface area contributed by atoms with E-state index in [1.807, 2.05) is 24.3 Å². The summed E-state index contributed by atoms with van der Waals surface area (Å²) in [7, 11) is 0. The van der Waals surface area contributed by atoms with Crippen LogP contribution in [0.15, 0.2) is 94.4 Å². The molecule has 5 aromatic rings. The van der Waals surface area contributed by atoms with Crippen LogP contribution < -0.4 is 14.9 Å². The first-order valence-corrected chi connectivity index (χ1v) is 14.1. The smallest absolute Gasteiger partial charge is 0.307 e. The zero-order valence-electron chi connectivity index (χ0n) is 23.6. The average molecular weight is 633 g/mol. The van der Waals surface area contributed by atoms with Crippen LogP contribution in [0.3, 0.4) is 0 Å². The maximum Gasteiger partial charge on any atom is 0.307 e. The number of furan rings is 1. The molecular weight excluding hydrogens is 607 g/mol. The van der Waals surface area contributed by atoms with E-state index in [0.29, 0.717) is 22.6 Å². The maximum atomic E-state index is 12.5. The Morgan fingerprint density at radius 1 is 0.932 bits per heavy atom. The molecule has 224 valence electrons. The molecule has 0 aliphatic heterocycles. The lowest BCUT2D eigenvalue weighted by atomic mass is 10.2. The highest BCUT2D eigenvalue weighted by Gasteiger charge is 2.13. The summed E-state index contributed by atoms with van der Waals surface area (Å²) in [6.45, 7) is 4.37. The van der Waals surface area contributed by atoms with Crippen LogP contribution in [0.4, 0.5) is 5.69 Å². The largest absolute Gasteiger partial charge is 0.486 e. The van der Waals surface area contributed by atoms with Gasteiger partial charge in [0.2, 0.25) is 0 Å². The van der Waals surface area contributed by atoms with E-state index in [-0.39, 0.29) is 40.5 Å². The predicted molar refractivity (Wildman–Crippen MR) is 167 cm³/mol. The van der Waals surface area contributed by atoms with Gasteiger partial charge in [-0.15, -0.1) is 0 Å². The van der Waals surface area contributed by atoms with Crippen molar-refractivity contribution in [3.05, 3.63) is 139 Å². The molecule has 44 heavy (non-hydrogen) atoms. The summed E-state index contributed by atoms with van der Waals surface area (Å²) in [5, 5.41) is 15.2. The molecule has 2 heterocycles. The summed E-state index contributed by atoms with van der Waals surface area (Å²) < 4.78 is 19.3. The number of hydrazone groups is 1. The van der Waals surface area contributed by atoms with Gasteiger partial charge < -0.3 is 18.5 Å². The molecule has 0 saturated heterocycles. The normalized spacial score (nSPS) is 11.1. The first-order valence-electron chi connectivity index (χ1n) is 13.3. The molecule has 2 aromatic heterocycles. The minimum Gasteiger partial charge on any atom is -0.486 e. The number of nitro groups is 1. The number of nitrogens with zero attached hydrogens (tertiary/aromatic N) is 3. The highest BCUT2D eigenvalue weighted by Crippen LogP contribution is 2.34. The molecule has 0 unspecified atom stereocenters. The van der Waals surface area contributed by atoms with Gasteiger partial charge in [0.25, 0.3) is 5.69 Å². The van der Waals surface area contributed by atoms with Crippen molar-refractivity contribution in [2.75, 3.05) is 0 Å². The van der Waals surface area contributed by atoms with Gasteiger partial charge in [0, 0.05) is 29.2 Å². The van der Waals surface area contributed by atoms with Crippen LogP contribution in [-0.4, -0.2) is 21.6 Å². The van der Waals surface area contributed by atoms with Crippen molar-refractivity contribution in [1.29, 1.82) is 0 Å². The van der Waals surface area contributed by atoms with Gasteiger partial charge in [0.1, 0.15) is 24.7 Å². The number of aromatic nitrogens is 1. The quantitative estimate of drug-likeness (QED) is 0.0899. The summed E-state index contributed by atoms with van der Waals surface area (Å²) in [6, 6.07) is 24.2. The zero-order chi connectivity index (χ0) is 31.2. The summed E-state index contributed by atoms with van der Waals surface area (Å²) >= 11 is 12.7. The Labute approximate surface area is 262 Å². The summed E-state index contributed by atoms with van der Waals surface area (Å²) in [4.78, 5) is 22.9. The van der Waals surface area contributed by atoms with Crippen LogP contribution in [-0.2, 0) is 13.2 Å². The molecule has 0 spiro atoms. The Kier molecular flexibility index (Phi) is 9.32.